The number of nitrogens with zero attached hydrogens (tertiary/aromatic N) is 2. The number of rotatable bonds is 10. The number of carbonyl (C=O) groups is 1. The molecule has 4 aromatic rings. The van der Waals surface area contributed by atoms with Crippen LogP contribution in [0.3, 0.4) is 0 Å². The second kappa shape index (κ2) is 11.8. The van der Waals surface area contributed by atoms with E-state index in [1.54, 1.807) is 26.4 Å². The van der Waals surface area contributed by atoms with E-state index in [0.717, 1.165) is 11.1 Å². The van der Waals surface area contributed by atoms with Gasteiger partial charge in [0.1, 0.15) is 11.5 Å². The van der Waals surface area contributed by atoms with Crippen LogP contribution in [0.1, 0.15) is 29.8 Å². The maximum Gasteiger partial charge on any atom is 0.257 e. The summed E-state index contributed by atoms with van der Waals surface area (Å²) < 4.78 is 38.9. The lowest BCUT2D eigenvalue weighted by molar-refractivity contribution is 0.102. The monoisotopic (exact) mass is 551 g/mol. The molecule has 0 fully saturated rings. The van der Waals surface area contributed by atoms with Crippen LogP contribution in [0.25, 0.3) is 11.3 Å². The third-order valence-corrected chi connectivity index (χ3v) is 8.68. The summed E-state index contributed by atoms with van der Waals surface area (Å²) in [6.07, 6.45) is 0. The molecule has 1 amide bonds. The molecule has 0 atom stereocenters. The van der Waals surface area contributed by atoms with Gasteiger partial charge >= 0.3 is 0 Å². The summed E-state index contributed by atoms with van der Waals surface area (Å²) in [5.41, 5.74) is 2.59. The molecule has 0 aliphatic rings. The van der Waals surface area contributed by atoms with Gasteiger partial charge in [-0.25, -0.2) is 13.4 Å². The van der Waals surface area contributed by atoms with Crippen molar-refractivity contribution < 1.29 is 22.7 Å². The molecule has 0 bridgehead atoms. The van der Waals surface area contributed by atoms with Crippen LogP contribution in [-0.4, -0.2) is 43.9 Å². The molecular formula is C28H29N3O5S2. The summed E-state index contributed by atoms with van der Waals surface area (Å²) in [6.45, 7) is 3.94. The molecule has 3 aromatic carbocycles. The van der Waals surface area contributed by atoms with Gasteiger partial charge in [0, 0.05) is 29.1 Å². The standard InChI is InChI=1S/C28H29N3O5S2/c1-19(2)31(17-20-8-6-5-7-9-20)38(33,34)23-13-10-21(11-14-23)27(32)30-28-29-25(18-37-28)24-16-22(35-3)12-15-26(24)36-4/h5-16,18-19H,17H2,1-4H3,(H,29,30,32). The summed E-state index contributed by atoms with van der Waals surface area (Å²) in [5, 5.41) is 5.00. The molecule has 0 aliphatic carbocycles. The quantitative estimate of drug-likeness (QED) is 0.272. The van der Waals surface area contributed by atoms with Crippen LogP contribution in [-0.2, 0) is 16.6 Å². The number of amides is 1. The summed E-state index contributed by atoms with van der Waals surface area (Å²) in [4.78, 5) is 17.5. The first kappa shape index (κ1) is 27.3. The summed E-state index contributed by atoms with van der Waals surface area (Å²) in [5.74, 6) is 0.903. The fraction of sp³-hybridized carbons (Fsp3) is 0.214. The second-order valence-electron chi connectivity index (χ2n) is 8.71. The first-order chi connectivity index (χ1) is 18.2. The van der Waals surface area contributed by atoms with E-state index < -0.39 is 15.9 Å². The Kier molecular flexibility index (Phi) is 8.45. The molecule has 0 aliphatic heterocycles. The Morgan fingerprint density at radius 1 is 1.00 bits per heavy atom. The van der Waals surface area contributed by atoms with Gasteiger partial charge in [0.05, 0.1) is 24.8 Å². The van der Waals surface area contributed by atoms with Crippen molar-refractivity contribution in [2.24, 2.45) is 0 Å². The van der Waals surface area contributed by atoms with Crippen LogP contribution >= 0.6 is 11.3 Å². The average molecular weight is 552 g/mol. The van der Waals surface area contributed by atoms with Crippen molar-refractivity contribution >= 4 is 32.4 Å². The number of ether oxygens (including phenoxy) is 2. The second-order valence-corrected chi connectivity index (χ2v) is 11.5. The molecule has 1 N–H and O–H groups in total. The highest BCUT2D eigenvalue weighted by Crippen LogP contribution is 2.35. The van der Waals surface area contributed by atoms with Gasteiger partial charge in [-0.2, -0.15) is 4.31 Å². The number of aromatic nitrogens is 1. The van der Waals surface area contributed by atoms with Crippen LogP contribution in [0.15, 0.2) is 83.1 Å². The minimum absolute atomic E-state index is 0.125. The lowest BCUT2D eigenvalue weighted by Gasteiger charge is -2.26. The van der Waals surface area contributed by atoms with Crippen LogP contribution in [0, 0.1) is 0 Å². The Labute approximate surface area is 226 Å². The molecule has 0 saturated heterocycles. The SMILES string of the molecule is COc1ccc(OC)c(-c2csc(NC(=O)c3ccc(S(=O)(=O)N(Cc4ccccc4)C(C)C)cc3)n2)c1. The van der Waals surface area contributed by atoms with Gasteiger partial charge in [-0.1, -0.05) is 30.3 Å². The normalized spacial score (nSPS) is 11.5. The van der Waals surface area contributed by atoms with Crippen molar-refractivity contribution in [2.75, 3.05) is 19.5 Å². The first-order valence-electron chi connectivity index (χ1n) is 11.9. The molecule has 4 rings (SSSR count). The smallest absolute Gasteiger partial charge is 0.257 e. The highest BCUT2D eigenvalue weighted by molar-refractivity contribution is 7.89. The highest BCUT2D eigenvalue weighted by atomic mass is 32.2. The Morgan fingerprint density at radius 2 is 1.71 bits per heavy atom. The van der Waals surface area contributed by atoms with E-state index in [0.29, 0.717) is 27.9 Å². The molecule has 198 valence electrons. The topological polar surface area (TPSA) is 97.8 Å². The molecule has 38 heavy (non-hydrogen) atoms. The molecule has 0 radical (unpaired) electrons. The van der Waals surface area contributed by atoms with E-state index in [-0.39, 0.29) is 17.5 Å². The van der Waals surface area contributed by atoms with E-state index in [1.165, 1.54) is 39.9 Å². The Hall–Kier alpha value is -3.73. The number of sulfonamides is 1. The zero-order valence-electron chi connectivity index (χ0n) is 21.5. The molecule has 1 heterocycles. The minimum atomic E-state index is -3.77. The van der Waals surface area contributed by atoms with Crippen LogP contribution < -0.4 is 14.8 Å². The minimum Gasteiger partial charge on any atom is -0.497 e. The number of thiazole rings is 1. The molecule has 10 heteroatoms. The zero-order valence-corrected chi connectivity index (χ0v) is 23.2. The number of benzene rings is 3. The number of hydrogen-bond donors (Lipinski definition) is 1. The number of carbonyl (C=O) groups excluding carboxylic acids is 1. The zero-order chi connectivity index (χ0) is 27.3. The van der Waals surface area contributed by atoms with Crippen molar-refractivity contribution in [3.63, 3.8) is 0 Å². The van der Waals surface area contributed by atoms with Gasteiger partial charge < -0.3 is 9.47 Å². The fourth-order valence-electron chi connectivity index (χ4n) is 3.86. The van der Waals surface area contributed by atoms with Crippen LogP contribution in [0.2, 0.25) is 0 Å². The molecule has 1 aromatic heterocycles. The van der Waals surface area contributed by atoms with Gasteiger partial charge in [0.25, 0.3) is 5.91 Å². The number of hydrogen-bond acceptors (Lipinski definition) is 7. The van der Waals surface area contributed by atoms with Crippen molar-refractivity contribution in [3.8, 4) is 22.8 Å². The fourth-order valence-corrected chi connectivity index (χ4v) is 6.19. The summed E-state index contributed by atoms with van der Waals surface area (Å²) >= 11 is 1.27. The number of anilines is 1. The predicted octanol–water partition coefficient (Wildman–Crippen LogP) is 5.68. The lowest BCUT2D eigenvalue weighted by atomic mass is 10.1. The van der Waals surface area contributed by atoms with Crippen molar-refractivity contribution in [2.45, 2.75) is 31.3 Å². The van der Waals surface area contributed by atoms with E-state index in [2.05, 4.69) is 10.3 Å². The molecule has 0 saturated carbocycles. The van der Waals surface area contributed by atoms with Crippen molar-refractivity contribution in [1.82, 2.24) is 9.29 Å². The largest absolute Gasteiger partial charge is 0.497 e. The van der Waals surface area contributed by atoms with Crippen molar-refractivity contribution in [1.29, 1.82) is 0 Å². The summed E-state index contributed by atoms with van der Waals surface area (Å²) in [7, 11) is -0.613. The molecule has 0 unspecified atom stereocenters. The maximum atomic E-state index is 13.4. The van der Waals surface area contributed by atoms with E-state index >= 15 is 0 Å². The first-order valence-corrected chi connectivity index (χ1v) is 14.2. The third kappa shape index (κ3) is 6.04. The predicted molar refractivity (Wildman–Crippen MR) is 149 cm³/mol. The Morgan fingerprint density at radius 3 is 2.34 bits per heavy atom. The lowest BCUT2D eigenvalue weighted by Crippen LogP contribution is -2.36. The highest BCUT2D eigenvalue weighted by Gasteiger charge is 2.27. The van der Waals surface area contributed by atoms with Gasteiger partial charge in [-0.15, -0.1) is 11.3 Å². The van der Waals surface area contributed by atoms with Gasteiger partial charge in [0.15, 0.2) is 5.13 Å². The van der Waals surface area contributed by atoms with Gasteiger partial charge in [0.2, 0.25) is 10.0 Å². The maximum absolute atomic E-state index is 13.4. The van der Waals surface area contributed by atoms with Crippen molar-refractivity contribution in [3.05, 3.63) is 89.3 Å². The molecule has 8 nitrogen and oxygen atoms in total. The summed E-state index contributed by atoms with van der Waals surface area (Å²) in [6, 6.07) is 20.5. The molecule has 0 spiro atoms. The number of nitrogens with one attached hydrogen (secondary N) is 1. The van der Waals surface area contributed by atoms with E-state index in [9.17, 15) is 13.2 Å². The van der Waals surface area contributed by atoms with Gasteiger partial charge in [-0.05, 0) is 61.9 Å². The van der Waals surface area contributed by atoms with Crippen LogP contribution in [0.4, 0.5) is 5.13 Å². The third-order valence-electron chi connectivity index (χ3n) is 5.89. The Bertz CT molecular complexity index is 1500. The van der Waals surface area contributed by atoms with E-state index in [4.69, 9.17) is 9.47 Å². The Balaban J connectivity index is 1.50. The average Bonchev–Trinajstić information content (AvgIpc) is 3.40. The molecular weight excluding hydrogens is 522 g/mol. The van der Waals surface area contributed by atoms with E-state index in [1.807, 2.05) is 55.6 Å². The number of methoxy groups -OCH3 is 2. The van der Waals surface area contributed by atoms with Crippen LogP contribution in [0.5, 0.6) is 11.5 Å². The van der Waals surface area contributed by atoms with Gasteiger partial charge in [-0.3, -0.25) is 10.1 Å².